The lowest BCUT2D eigenvalue weighted by Gasteiger charge is -2.49. The highest BCUT2D eigenvalue weighted by molar-refractivity contribution is 5.79. The highest BCUT2D eigenvalue weighted by Gasteiger charge is 2.42. The zero-order valence-electron chi connectivity index (χ0n) is 16.4. The van der Waals surface area contributed by atoms with E-state index in [1.54, 1.807) is 0 Å². The van der Waals surface area contributed by atoms with E-state index in [9.17, 15) is 4.79 Å². The molecule has 0 aromatic heterocycles. The van der Waals surface area contributed by atoms with Gasteiger partial charge in [-0.05, 0) is 57.8 Å². The van der Waals surface area contributed by atoms with Gasteiger partial charge in [0.25, 0.3) is 0 Å². The van der Waals surface area contributed by atoms with E-state index in [1.165, 1.54) is 32.1 Å². The summed E-state index contributed by atoms with van der Waals surface area (Å²) in [6, 6.07) is 1.53. The van der Waals surface area contributed by atoms with Gasteiger partial charge in [-0.3, -0.25) is 4.79 Å². The lowest BCUT2D eigenvalue weighted by Crippen LogP contribution is -2.61. The van der Waals surface area contributed by atoms with E-state index in [2.05, 4.69) is 16.7 Å². The summed E-state index contributed by atoms with van der Waals surface area (Å²) >= 11 is 0. The van der Waals surface area contributed by atoms with E-state index in [-0.39, 0.29) is 5.91 Å². The molecular weight excluding hydrogens is 328 g/mol. The van der Waals surface area contributed by atoms with Crippen LogP contribution in [-0.4, -0.2) is 72.8 Å². The zero-order chi connectivity index (χ0) is 17.9. The second kappa shape index (κ2) is 8.57. The highest BCUT2D eigenvalue weighted by Crippen LogP contribution is 2.35. The van der Waals surface area contributed by atoms with Crippen molar-refractivity contribution in [3.05, 3.63) is 0 Å². The smallest absolute Gasteiger partial charge is 0.249 e. The predicted octanol–water partition coefficient (Wildman–Crippen LogP) is 2.83. The van der Waals surface area contributed by atoms with Gasteiger partial charge in [-0.1, -0.05) is 12.8 Å². The Kier molecular flexibility index (Phi) is 6.17. The minimum Gasteiger partial charge on any atom is -0.381 e. The van der Waals surface area contributed by atoms with E-state index in [1.807, 2.05) is 0 Å². The maximum absolute atomic E-state index is 12.6. The van der Waals surface area contributed by atoms with Crippen molar-refractivity contribution in [3.8, 4) is 0 Å². The highest BCUT2D eigenvalue weighted by atomic mass is 16.5. The van der Waals surface area contributed by atoms with E-state index >= 15 is 0 Å². The van der Waals surface area contributed by atoms with Crippen LogP contribution in [-0.2, 0) is 14.3 Å². The van der Waals surface area contributed by atoms with Crippen LogP contribution in [0.15, 0.2) is 0 Å². The number of carbonyl (C=O) groups excluding carboxylic acids is 1. The Labute approximate surface area is 158 Å². The van der Waals surface area contributed by atoms with Gasteiger partial charge in [0.1, 0.15) is 6.61 Å². The van der Waals surface area contributed by atoms with Crippen LogP contribution >= 0.6 is 0 Å². The fraction of sp³-hybridized carbons (Fsp3) is 0.952. The van der Waals surface area contributed by atoms with Crippen LogP contribution in [0.1, 0.15) is 64.7 Å². The Hall–Kier alpha value is -0.650. The van der Waals surface area contributed by atoms with Gasteiger partial charge in [0.15, 0.2) is 0 Å². The SMILES string of the molecule is CCOC[C@H]1CC[C@@H](N2CCC(N3C(=O)CO[C@@H]4CCCC[C@H]43)CC2)C1. The molecule has 4 atom stereocenters. The van der Waals surface area contributed by atoms with Crippen molar-refractivity contribution in [1.29, 1.82) is 0 Å². The van der Waals surface area contributed by atoms with Crippen LogP contribution in [0, 0.1) is 5.92 Å². The molecule has 2 heterocycles. The first-order valence-electron chi connectivity index (χ1n) is 11.0. The number of hydrogen-bond acceptors (Lipinski definition) is 4. The summed E-state index contributed by atoms with van der Waals surface area (Å²) in [6.45, 7) is 6.47. The molecule has 2 saturated heterocycles. The second-order valence-electron chi connectivity index (χ2n) is 8.76. The Morgan fingerprint density at radius 2 is 1.85 bits per heavy atom. The molecule has 26 heavy (non-hydrogen) atoms. The number of fused-ring (bicyclic) bond motifs is 1. The van der Waals surface area contributed by atoms with Gasteiger partial charge in [-0.25, -0.2) is 0 Å². The van der Waals surface area contributed by atoms with Crippen molar-refractivity contribution in [1.82, 2.24) is 9.80 Å². The number of rotatable bonds is 5. The van der Waals surface area contributed by atoms with Crippen LogP contribution in [0.5, 0.6) is 0 Å². The maximum Gasteiger partial charge on any atom is 0.249 e. The topological polar surface area (TPSA) is 42.0 Å². The number of ether oxygens (including phenoxy) is 2. The molecule has 0 aromatic rings. The molecule has 5 heteroatoms. The molecule has 148 valence electrons. The van der Waals surface area contributed by atoms with Gasteiger partial charge in [-0.2, -0.15) is 0 Å². The van der Waals surface area contributed by atoms with E-state index < -0.39 is 0 Å². The monoisotopic (exact) mass is 364 g/mol. The summed E-state index contributed by atoms with van der Waals surface area (Å²) in [7, 11) is 0. The number of nitrogens with zero attached hydrogens (tertiary/aromatic N) is 2. The fourth-order valence-electron chi connectivity index (χ4n) is 5.85. The number of piperidine rings is 1. The number of carbonyl (C=O) groups is 1. The first kappa shape index (κ1) is 18.7. The van der Waals surface area contributed by atoms with Crippen LogP contribution in [0.4, 0.5) is 0 Å². The molecular formula is C21H36N2O3. The van der Waals surface area contributed by atoms with Crippen molar-refractivity contribution in [2.24, 2.45) is 5.92 Å². The van der Waals surface area contributed by atoms with Gasteiger partial charge >= 0.3 is 0 Å². The first-order valence-corrected chi connectivity index (χ1v) is 11.0. The molecule has 4 fully saturated rings. The Morgan fingerprint density at radius 1 is 1.04 bits per heavy atom. The average molecular weight is 365 g/mol. The summed E-state index contributed by atoms with van der Waals surface area (Å²) in [4.78, 5) is 17.6. The Bertz CT molecular complexity index is 478. The Morgan fingerprint density at radius 3 is 2.65 bits per heavy atom. The van der Waals surface area contributed by atoms with Gasteiger partial charge in [0, 0.05) is 38.4 Å². The average Bonchev–Trinajstić information content (AvgIpc) is 3.15. The molecule has 4 rings (SSSR count). The van der Waals surface area contributed by atoms with Crippen LogP contribution in [0.3, 0.4) is 0 Å². The molecule has 2 aliphatic heterocycles. The molecule has 0 spiro atoms. The van der Waals surface area contributed by atoms with E-state index in [4.69, 9.17) is 9.47 Å². The van der Waals surface area contributed by atoms with Crippen molar-refractivity contribution in [2.45, 2.75) is 88.9 Å². The number of likely N-dealkylation sites (tertiary alicyclic amines) is 1. The molecule has 0 N–H and O–H groups in total. The van der Waals surface area contributed by atoms with Gasteiger partial charge < -0.3 is 19.3 Å². The standard InChI is InChI=1S/C21H36N2O3/c1-2-25-14-16-7-8-18(13-16)22-11-9-17(10-12-22)23-19-5-3-4-6-20(19)26-15-21(23)24/h16-20H,2-15H2,1H3/t16-,18+,19+,20+/m0/s1. The third kappa shape index (κ3) is 3.95. The Balaban J connectivity index is 1.30. The summed E-state index contributed by atoms with van der Waals surface area (Å²) in [6.07, 6.45) is 11.3. The third-order valence-electron chi connectivity index (χ3n) is 7.21. The lowest BCUT2D eigenvalue weighted by atomic mass is 9.87. The quantitative estimate of drug-likeness (QED) is 0.752. The molecule has 5 nitrogen and oxygen atoms in total. The summed E-state index contributed by atoms with van der Waals surface area (Å²) in [5, 5.41) is 0. The van der Waals surface area contributed by atoms with Crippen molar-refractivity contribution in [2.75, 3.05) is 32.9 Å². The van der Waals surface area contributed by atoms with Crippen molar-refractivity contribution >= 4 is 5.91 Å². The van der Waals surface area contributed by atoms with Crippen LogP contribution < -0.4 is 0 Å². The summed E-state index contributed by atoms with van der Waals surface area (Å²) in [5.41, 5.74) is 0. The molecule has 4 aliphatic rings. The molecule has 0 bridgehead atoms. The van der Waals surface area contributed by atoms with Gasteiger partial charge in [0.2, 0.25) is 5.91 Å². The number of amides is 1. The fourth-order valence-corrected chi connectivity index (χ4v) is 5.85. The molecule has 0 aromatic carbocycles. The van der Waals surface area contributed by atoms with E-state index in [0.717, 1.165) is 63.9 Å². The van der Waals surface area contributed by atoms with Crippen LogP contribution in [0.2, 0.25) is 0 Å². The number of hydrogen-bond donors (Lipinski definition) is 0. The largest absolute Gasteiger partial charge is 0.381 e. The predicted molar refractivity (Wildman–Crippen MR) is 101 cm³/mol. The number of morpholine rings is 1. The minimum atomic E-state index is 0.240. The summed E-state index contributed by atoms with van der Waals surface area (Å²) < 4.78 is 11.5. The molecule has 1 amide bonds. The van der Waals surface area contributed by atoms with E-state index in [0.29, 0.717) is 24.8 Å². The van der Waals surface area contributed by atoms with Crippen molar-refractivity contribution < 1.29 is 14.3 Å². The third-order valence-corrected chi connectivity index (χ3v) is 7.21. The normalized spacial score (nSPS) is 37.1. The zero-order valence-corrected chi connectivity index (χ0v) is 16.4. The molecule has 0 unspecified atom stereocenters. The molecule has 2 saturated carbocycles. The minimum absolute atomic E-state index is 0.240. The summed E-state index contributed by atoms with van der Waals surface area (Å²) in [5.74, 6) is 0.991. The second-order valence-corrected chi connectivity index (χ2v) is 8.76. The maximum atomic E-state index is 12.6. The lowest BCUT2D eigenvalue weighted by molar-refractivity contribution is -0.167. The van der Waals surface area contributed by atoms with Crippen molar-refractivity contribution in [3.63, 3.8) is 0 Å². The molecule has 0 radical (unpaired) electrons. The van der Waals surface area contributed by atoms with Gasteiger partial charge in [-0.15, -0.1) is 0 Å². The van der Waals surface area contributed by atoms with Gasteiger partial charge in [0.05, 0.1) is 12.1 Å². The molecule has 2 aliphatic carbocycles. The van der Waals surface area contributed by atoms with Crippen LogP contribution in [0.25, 0.3) is 0 Å². The first-order chi connectivity index (χ1) is 12.8.